The van der Waals surface area contributed by atoms with Crippen LogP contribution in [0.2, 0.25) is 0 Å². The number of rotatable bonds is 9. The van der Waals surface area contributed by atoms with Crippen LogP contribution in [-0.4, -0.2) is 71.6 Å². The quantitative estimate of drug-likeness (QED) is 0.255. The minimum Gasteiger partial charge on any atom is -0.379 e. The van der Waals surface area contributed by atoms with Crippen LogP contribution in [-0.2, 0) is 14.3 Å². The molecule has 224 valence electrons. The van der Waals surface area contributed by atoms with Gasteiger partial charge >= 0.3 is 0 Å². The number of hydrogen-bond acceptors (Lipinski definition) is 7. The van der Waals surface area contributed by atoms with Gasteiger partial charge in [0.25, 0.3) is 5.91 Å². The highest BCUT2D eigenvalue weighted by molar-refractivity contribution is 7.14. The molecule has 3 heterocycles. The normalized spacial score (nSPS) is 15.1. The van der Waals surface area contributed by atoms with E-state index in [9.17, 15) is 18.8 Å². The van der Waals surface area contributed by atoms with E-state index in [0.717, 1.165) is 11.3 Å². The van der Waals surface area contributed by atoms with Crippen molar-refractivity contribution >= 4 is 57.4 Å². The molecule has 4 aromatic rings. The number of morpholine rings is 1. The highest BCUT2D eigenvalue weighted by Gasteiger charge is 2.27. The second kappa shape index (κ2) is 12.9. The molecule has 1 aliphatic heterocycles. The molecule has 0 radical (unpaired) electrons. The van der Waals surface area contributed by atoms with Crippen molar-refractivity contribution in [2.75, 3.05) is 48.9 Å². The van der Waals surface area contributed by atoms with Crippen LogP contribution >= 0.6 is 11.3 Å². The van der Waals surface area contributed by atoms with Crippen LogP contribution in [0.1, 0.15) is 34.6 Å². The van der Waals surface area contributed by atoms with Crippen molar-refractivity contribution in [2.24, 2.45) is 0 Å². The number of carbonyl (C=O) groups is 3. The average Bonchev–Trinajstić information content (AvgIpc) is 3.65. The monoisotopic (exact) mass is 604 g/mol. The summed E-state index contributed by atoms with van der Waals surface area (Å²) in [6, 6.07) is 15.4. The topological polar surface area (TPSA) is 109 Å². The molecule has 2 N–H and O–H groups in total. The number of carbonyl (C=O) groups excluding carboxylic acids is 3. The van der Waals surface area contributed by atoms with Crippen LogP contribution in [0.3, 0.4) is 0 Å². The van der Waals surface area contributed by atoms with E-state index in [-0.39, 0.29) is 23.8 Å². The van der Waals surface area contributed by atoms with Gasteiger partial charge in [-0.2, -0.15) is 0 Å². The van der Waals surface area contributed by atoms with Gasteiger partial charge in [-0.3, -0.25) is 29.2 Å². The molecule has 2 atom stereocenters. The third kappa shape index (κ3) is 6.51. The Morgan fingerprint density at radius 1 is 1.09 bits per heavy atom. The zero-order valence-corrected chi connectivity index (χ0v) is 25.0. The number of alkyl halides is 1. The van der Waals surface area contributed by atoms with E-state index in [2.05, 4.69) is 22.1 Å². The number of aromatic nitrogens is 2. The van der Waals surface area contributed by atoms with E-state index in [1.165, 1.54) is 13.0 Å². The Labute approximate surface area is 252 Å². The molecule has 1 fully saturated rings. The highest BCUT2D eigenvalue weighted by Crippen LogP contribution is 2.31. The van der Waals surface area contributed by atoms with Crippen molar-refractivity contribution < 1.29 is 23.5 Å². The highest BCUT2D eigenvalue weighted by atomic mass is 32.1. The van der Waals surface area contributed by atoms with Gasteiger partial charge < -0.3 is 15.0 Å². The average molecular weight is 605 g/mol. The number of nitrogens with one attached hydrogen (secondary N) is 2. The molecule has 2 aromatic heterocycles. The molecule has 0 bridgehead atoms. The molecule has 12 heteroatoms. The Bertz CT molecular complexity index is 1680. The summed E-state index contributed by atoms with van der Waals surface area (Å²) in [6.45, 7) is 9.38. The van der Waals surface area contributed by atoms with Crippen LogP contribution in [0.25, 0.3) is 16.7 Å². The lowest BCUT2D eigenvalue weighted by Gasteiger charge is -2.33. The van der Waals surface area contributed by atoms with Gasteiger partial charge in [0.1, 0.15) is 6.17 Å². The number of fused-ring (bicyclic) bond motifs is 1. The summed E-state index contributed by atoms with van der Waals surface area (Å²) in [4.78, 5) is 47.8. The number of ether oxygens (including phenoxy) is 1. The first kappa shape index (κ1) is 30.1. The summed E-state index contributed by atoms with van der Waals surface area (Å²) in [5.74, 6) is -0.629. The lowest BCUT2D eigenvalue weighted by Crippen LogP contribution is -2.50. The number of halogens is 1. The second-order valence-electron chi connectivity index (χ2n) is 10.2. The summed E-state index contributed by atoms with van der Waals surface area (Å²) >= 11 is 1.08. The van der Waals surface area contributed by atoms with Crippen LogP contribution in [0.4, 0.5) is 21.7 Å². The Balaban J connectivity index is 1.52. The van der Waals surface area contributed by atoms with Crippen LogP contribution in [0.5, 0.6) is 0 Å². The summed E-state index contributed by atoms with van der Waals surface area (Å²) in [6.07, 6.45) is -0.00805. The van der Waals surface area contributed by atoms with Gasteiger partial charge in [0.15, 0.2) is 0 Å². The molecule has 0 saturated carbocycles. The van der Waals surface area contributed by atoms with Gasteiger partial charge in [-0.15, -0.1) is 11.3 Å². The molecule has 0 spiro atoms. The number of nitrogens with zero attached hydrogens (tertiary/aromatic N) is 4. The first-order valence-electron chi connectivity index (χ1n) is 13.9. The first-order chi connectivity index (χ1) is 20.7. The maximum atomic E-state index is 13.8. The molecular formula is C31H33FN6O4S. The number of amides is 3. The molecule has 10 nitrogen and oxygen atoms in total. The lowest BCUT2D eigenvalue weighted by atomic mass is 10.2. The van der Waals surface area contributed by atoms with Crippen molar-refractivity contribution in [1.29, 1.82) is 0 Å². The van der Waals surface area contributed by atoms with Crippen molar-refractivity contribution in [2.45, 2.75) is 26.1 Å². The minimum absolute atomic E-state index is 0.0598. The predicted molar refractivity (Wildman–Crippen MR) is 167 cm³/mol. The molecule has 1 aliphatic rings. The fraction of sp³-hybridized carbons (Fsp3) is 0.290. The van der Waals surface area contributed by atoms with E-state index >= 15 is 0 Å². The molecule has 5 rings (SSSR count). The van der Waals surface area contributed by atoms with Gasteiger partial charge in [0, 0.05) is 36.4 Å². The molecule has 1 saturated heterocycles. The Kier molecular flexibility index (Phi) is 9.00. The van der Waals surface area contributed by atoms with E-state index in [1.54, 1.807) is 52.9 Å². The van der Waals surface area contributed by atoms with Gasteiger partial charge in [-0.05, 0) is 68.5 Å². The van der Waals surface area contributed by atoms with Crippen LogP contribution in [0, 0.1) is 0 Å². The van der Waals surface area contributed by atoms with Crippen molar-refractivity contribution in [1.82, 2.24) is 14.5 Å². The Morgan fingerprint density at radius 3 is 2.56 bits per heavy atom. The SMILES string of the molecule is C=CC(=O)Nc1cccc(-n2c(NC(=O)c3ccc(C(C)F)s3)nc3cc(N(C)C(=O)[C@H](C)N4CCOCC4)ccc32)c1. The smallest absolute Gasteiger partial charge is 0.268 e. The zero-order chi connectivity index (χ0) is 30.7. The zero-order valence-electron chi connectivity index (χ0n) is 24.2. The number of anilines is 3. The summed E-state index contributed by atoms with van der Waals surface area (Å²) in [5.41, 5.74) is 3.00. The number of imidazole rings is 1. The maximum absolute atomic E-state index is 13.8. The standard InChI is InChI=1S/C31H33FN6O4S/c1-5-28(39)33-21-7-6-8-23(17-21)38-25-10-9-22(36(4)30(41)20(3)37-13-15-42-16-14-37)18-24(25)34-31(38)35-29(40)27-12-11-26(43-27)19(2)32/h5-12,17-20H,1,13-16H2,2-4H3,(H,33,39)(H,34,35,40)/t19?,20-/m0/s1. The summed E-state index contributed by atoms with van der Waals surface area (Å²) in [7, 11) is 1.73. The van der Waals surface area contributed by atoms with E-state index in [1.807, 2.05) is 25.1 Å². The lowest BCUT2D eigenvalue weighted by molar-refractivity contribution is -0.124. The number of thiophene rings is 1. The van der Waals surface area contributed by atoms with E-state index < -0.39 is 12.1 Å². The molecular weight excluding hydrogens is 571 g/mol. The largest absolute Gasteiger partial charge is 0.379 e. The van der Waals surface area contributed by atoms with Crippen LogP contribution in [0.15, 0.2) is 67.3 Å². The van der Waals surface area contributed by atoms with Gasteiger partial charge in [-0.1, -0.05) is 12.6 Å². The fourth-order valence-corrected chi connectivity index (χ4v) is 5.75. The third-order valence-corrected chi connectivity index (χ3v) is 8.57. The Morgan fingerprint density at radius 2 is 1.86 bits per heavy atom. The number of hydrogen-bond donors (Lipinski definition) is 2. The fourth-order valence-electron chi connectivity index (χ4n) is 4.92. The maximum Gasteiger partial charge on any atom is 0.268 e. The molecule has 43 heavy (non-hydrogen) atoms. The van der Waals surface area contributed by atoms with Crippen molar-refractivity contribution in [3.63, 3.8) is 0 Å². The Hall–Kier alpha value is -4.39. The second-order valence-corrected chi connectivity index (χ2v) is 11.3. The summed E-state index contributed by atoms with van der Waals surface area (Å²) < 4.78 is 21.0. The van der Waals surface area contributed by atoms with Crippen molar-refractivity contribution in [3.05, 3.63) is 77.0 Å². The first-order valence-corrected chi connectivity index (χ1v) is 14.7. The van der Waals surface area contributed by atoms with Gasteiger partial charge in [0.05, 0.1) is 40.9 Å². The number of benzene rings is 2. The molecule has 0 aliphatic carbocycles. The third-order valence-electron chi connectivity index (χ3n) is 7.33. The number of likely N-dealkylation sites (N-methyl/N-ethyl adjacent to an activating group) is 1. The van der Waals surface area contributed by atoms with E-state index in [4.69, 9.17) is 9.72 Å². The van der Waals surface area contributed by atoms with Gasteiger partial charge in [0.2, 0.25) is 17.8 Å². The summed E-state index contributed by atoms with van der Waals surface area (Å²) in [5, 5.41) is 5.62. The van der Waals surface area contributed by atoms with Gasteiger partial charge in [-0.25, -0.2) is 9.37 Å². The molecule has 2 aromatic carbocycles. The van der Waals surface area contributed by atoms with Crippen LogP contribution < -0.4 is 15.5 Å². The molecule has 3 amide bonds. The van der Waals surface area contributed by atoms with E-state index in [0.29, 0.717) is 64.2 Å². The molecule has 1 unspecified atom stereocenters. The van der Waals surface area contributed by atoms with Crippen molar-refractivity contribution in [3.8, 4) is 5.69 Å². The predicted octanol–water partition coefficient (Wildman–Crippen LogP) is 5.18. The minimum atomic E-state index is -1.19.